The molecule has 86 valence electrons. The molecule has 1 saturated carbocycles. The van der Waals surface area contributed by atoms with E-state index in [2.05, 4.69) is 19.2 Å². The lowest BCUT2D eigenvalue weighted by molar-refractivity contribution is 0.0696. The molecule has 1 aliphatic carbocycles. The van der Waals surface area contributed by atoms with Crippen molar-refractivity contribution in [3.05, 3.63) is 35.4 Å². The summed E-state index contributed by atoms with van der Waals surface area (Å²) in [6, 6.07) is 7.41. The number of thioether (sulfide) groups is 1. The van der Waals surface area contributed by atoms with Gasteiger partial charge >= 0.3 is 5.97 Å². The first kappa shape index (κ1) is 11.5. The Morgan fingerprint density at radius 3 is 2.69 bits per heavy atom. The standard InChI is InChI=1S/C13H16O2S/c1-9(16-2)13(6-7-13)11-5-3-4-10(8-11)12(14)15/h3-5,8-9H,6-7H2,1-2H3,(H,14,15). The van der Waals surface area contributed by atoms with Gasteiger partial charge in [-0.3, -0.25) is 0 Å². The van der Waals surface area contributed by atoms with E-state index >= 15 is 0 Å². The molecule has 2 nitrogen and oxygen atoms in total. The molecule has 2 rings (SSSR count). The Hall–Kier alpha value is -0.960. The molecule has 0 aromatic heterocycles. The van der Waals surface area contributed by atoms with Crippen LogP contribution in [0.25, 0.3) is 0 Å². The number of carboxylic acid groups (broad SMARTS) is 1. The molecule has 1 fully saturated rings. The van der Waals surface area contributed by atoms with Crippen LogP contribution in [0.15, 0.2) is 24.3 Å². The number of benzene rings is 1. The topological polar surface area (TPSA) is 37.3 Å². The van der Waals surface area contributed by atoms with E-state index in [0.29, 0.717) is 10.8 Å². The lowest BCUT2D eigenvalue weighted by Crippen LogP contribution is -2.20. The summed E-state index contributed by atoms with van der Waals surface area (Å²) in [4.78, 5) is 10.9. The fourth-order valence-electron chi connectivity index (χ4n) is 2.25. The zero-order valence-electron chi connectivity index (χ0n) is 9.56. The van der Waals surface area contributed by atoms with Crippen LogP contribution in [-0.2, 0) is 5.41 Å². The maximum absolute atomic E-state index is 10.9. The highest BCUT2D eigenvalue weighted by atomic mass is 32.2. The number of rotatable bonds is 4. The number of hydrogen-bond donors (Lipinski definition) is 1. The van der Waals surface area contributed by atoms with Gasteiger partial charge in [-0.05, 0) is 36.8 Å². The molecule has 1 atom stereocenters. The van der Waals surface area contributed by atoms with Crippen molar-refractivity contribution in [1.82, 2.24) is 0 Å². The zero-order chi connectivity index (χ0) is 11.8. The molecule has 0 saturated heterocycles. The normalized spacial score (nSPS) is 19.1. The summed E-state index contributed by atoms with van der Waals surface area (Å²) in [5.41, 5.74) is 1.82. The van der Waals surface area contributed by atoms with E-state index in [1.54, 1.807) is 6.07 Å². The summed E-state index contributed by atoms with van der Waals surface area (Å²) in [5, 5.41) is 9.54. The van der Waals surface area contributed by atoms with Crippen LogP contribution in [0.2, 0.25) is 0 Å². The van der Waals surface area contributed by atoms with Crippen molar-refractivity contribution in [2.24, 2.45) is 0 Å². The minimum absolute atomic E-state index is 0.227. The van der Waals surface area contributed by atoms with Crippen LogP contribution in [-0.4, -0.2) is 22.6 Å². The van der Waals surface area contributed by atoms with Gasteiger partial charge in [0, 0.05) is 10.7 Å². The predicted octanol–water partition coefficient (Wildman–Crippen LogP) is 3.17. The molecule has 0 aliphatic heterocycles. The van der Waals surface area contributed by atoms with E-state index in [1.807, 2.05) is 23.9 Å². The Morgan fingerprint density at radius 1 is 1.50 bits per heavy atom. The van der Waals surface area contributed by atoms with Crippen molar-refractivity contribution < 1.29 is 9.90 Å². The minimum Gasteiger partial charge on any atom is -0.478 e. The third kappa shape index (κ3) is 1.84. The number of aromatic carboxylic acids is 1. The summed E-state index contributed by atoms with van der Waals surface area (Å²) >= 11 is 1.86. The Kier molecular flexibility index (Phi) is 2.98. The van der Waals surface area contributed by atoms with Crippen molar-refractivity contribution in [3.63, 3.8) is 0 Å². The summed E-state index contributed by atoms with van der Waals surface area (Å²) in [5.74, 6) is -0.838. The Morgan fingerprint density at radius 2 is 2.19 bits per heavy atom. The van der Waals surface area contributed by atoms with Gasteiger partial charge in [-0.2, -0.15) is 11.8 Å². The average molecular weight is 236 g/mol. The van der Waals surface area contributed by atoms with Crippen LogP contribution in [0.1, 0.15) is 35.7 Å². The Labute approximate surface area is 100 Å². The fourth-order valence-corrected chi connectivity index (χ4v) is 3.08. The average Bonchev–Trinajstić information content (AvgIpc) is 3.09. The zero-order valence-corrected chi connectivity index (χ0v) is 10.4. The van der Waals surface area contributed by atoms with E-state index in [0.717, 1.165) is 0 Å². The highest BCUT2D eigenvalue weighted by molar-refractivity contribution is 7.99. The molecule has 1 N–H and O–H groups in total. The van der Waals surface area contributed by atoms with Crippen LogP contribution in [0, 0.1) is 0 Å². The summed E-state index contributed by atoms with van der Waals surface area (Å²) in [6.07, 6.45) is 4.47. The van der Waals surface area contributed by atoms with Gasteiger partial charge in [-0.25, -0.2) is 4.79 Å². The van der Waals surface area contributed by atoms with Gasteiger partial charge in [0.25, 0.3) is 0 Å². The molecular formula is C13H16O2S. The maximum atomic E-state index is 10.9. The van der Waals surface area contributed by atoms with E-state index < -0.39 is 5.97 Å². The number of carboxylic acids is 1. The van der Waals surface area contributed by atoms with Gasteiger partial charge in [-0.1, -0.05) is 19.1 Å². The molecular weight excluding hydrogens is 220 g/mol. The molecule has 16 heavy (non-hydrogen) atoms. The Balaban J connectivity index is 2.34. The summed E-state index contributed by atoms with van der Waals surface area (Å²) < 4.78 is 0. The molecule has 1 aromatic rings. The van der Waals surface area contributed by atoms with Crippen LogP contribution >= 0.6 is 11.8 Å². The first-order valence-corrected chi connectivity index (χ1v) is 6.75. The van der Waals surface area contributed by atoms with E-state index in [1.165, 1.54) is 18.4 Å². The van der Waals surface area contributed by atoms with Crippen molar-refractivity contribution in [2.45, 2.75) is 30.4 Å². The minimum atomic E-state index is -0.838. The van der Waals surface area contributed by atoms with Crippen molar-refractivity contribution >= 4 is 17.7 Å². The smallest absolute Gasteiger partial charge is 0.335 e. The molecule has 0 heterocycles. The second-order valence-corrected chi connectivity index (χ2v) is 5.60. The van der Waals surface area contributed by atoms with Gasteiger partial charge in [0.2, 0.25) is 0 Å². The third-order valence-electron chi connectivity index (χ3n) is 3.60. The lowest BCUT2D eigenvalue weighted by Gasteiger charge is -2.22. The summed E-state index contributed by atoms with van der Waals surface area (Å²) in [7, 11) is 0. The SMILES string of the molecule is CSC(C)C1(c2cccc(C(=O)O)c2)CC1. The monoisotopic (exact) mass is 236 g/mol. The quantitative estimate of drug-likeness (QED) is 0.872. The number of carbonyl (C=O) groups is 1. The second kappa shape index (κ2) is 4.13. The highest BCUT2D eigenvalue weighted by Gasteiger charge is 2.48. The third-order valence-corrected chi connectivity index (χ3v) is 4.76. The summed E-state index contributed by atoms with van der Waals surface area (Å²) in [6.45, 7) is 2.23. The van der Waals surface area contributed by atoms with Crippen molar-refractivity contribution in [1.29, 1.82) is 0 Å². The van der Waals surface area contributed by atoms with Crippen molar-refractivity contribution in [3.8, 4) is 0 Å². The highest BCUT2D eigenvalue weighted by Crippen LogP contribution is 2.54. The van der Waals surface area contributed by atoms with Crippen LogP contribution in [0.4, 0.5) is 0 Å². The first-order chi connectivity index (χ1) is 7.60. The van der Waals surface area contributed by atoms with E-state index in [-0.39, 0.29) is 5.41 Å². The molecule has 3 heteroatoms. The first-order valence-electron chi connectivity index (χ1n) is 5.47. The van der Waals surface area contributed by atoms with E-state index in [9.17, 15) is 4.79 Å². The van der Waals surface area contributed by atoms with E-state index in [4.69, 9.17) is 5.11 Å². The van der Waals surface area contributed by atoms with Gasteiger partial charge in [-0.15, -0.1) is 0 Å². The molecule has 1 aromatic carbocycles. The maximum Gasteiger partial charge on any atom is 0.335 e. The van der Waals surface area contributed by atoms with Crippen LogP contribution < -0.4 is 0 Å². The predicted molar refractivity (Wildman–Crippen MR) is 67.3 cm³/mol. The van der Waals surface area contributed by atoms with Crippen molar-refractivity contribution in [2.75, 3.05) is 6.26 Å². The van der Waals surface area contributed by atoms with Gasteiger partial charge in [0.15, 0.2) is 0 Å². The van der Waals surface area contributed by atoms with Gasteiger partial charge < -0.3 is 5.11 Å². The Bertz CT molecular complexity index is 410. The molecule has 1 aliphatic rings. The molecule has 0 bridgehead atoms. The fraction of sp³-hybridized carbons (Fsp3) is 0.462. The second-order valence-electron chi connectivity index (χ2n) is 4.42. The lowest BCUT2D eigenvalue weighted by atomic mass is 9.91. The molecule has 0 spiro atoms. The van der Waals surface area contributed by atoms with Crippen LogP contribution in [0.3, 0.4) is 0 Å². The van der Waals surface area contributed by atoms with Gasteiger partial charge in [0.05, 0.1) is 5.56 Å². The molecule has 0 radical (unpaired) electrons. The van der Waals surface area contributed by atoms with Crippen LogP contribution in [0.5, 0.6) is 0 Å². The molecule has 0 amide bonds. The number of hydrogen-bond acceptors (Lipinski definition) is 2. The molecule has 1 unspecified atom stereocenters. The van der Waals surface area contributed by atoms with Gasteiger partial charge in [0.1, 0.15) is 0 Å². The largest absolute Gasteiger partial charge is 0.478 e.